The normalized spacial score (nSPS) is 18.0. The zero-order chi connectivity index (χ0) is 17.7. The Morgan fingerprint density at radius 1 is 1.00 bits per heavy atom. The second-order valence-corrected chi connectivity index (χ2v) is 5.89. The second-order valence-electron chi connectivity index (χ2n) is 5.48. The lowest BCUT2D eigenvalue weighted by Crippen LogP contribution is -2.41. The molecule has 1 saturated heterocycles. The first-order valence-corrected chi connectivity index (χ1v) is 8.12. The molecule has 6 heteroatoms. The van der Waals surface area contributed by atoms with E-state index < -0.39 is 24.1 Å². The fourth-order valence-electron chi connectivity index (χ4n) is 1.73. The zero-order valence-electron chi connectivity index (χ0n) is 14.9. The SMILES string of the molecule is CC.CC.CC1(C)OB(c2cc(F)c(N)cc2Cl)OC1(C)C. The Kier molecular flexibility index (Phi) is 7.89. The highest BCUT2D eigenvalue weighted by Gasteiger charge is 2.52. The summed E-state index contributed by atoms with van der Waals surface area (Å²) in [6.45, 7) is 15.7. The fourth-order valence-corrected chi connectivity index (χ4v) is 1.99. The molecule has 0 unspecified atom stereocenters. The third-order valence-corrected chi connectivity index (χ3v) is 3.95. The molecule has 1 heterocycles. The van der Waals surface area contributed by atoms with Crippen LogP contribution in [-0.4, -0.2) is 18.3 Å². The molecule has 1 aliphatic heterocycles. The maximum atomic E-state index is 13.5. The molecule has 1 fully saturated rings. The van der Waals surface area contributed by atoms with Gasteiger partial charge in [-0.25, -0.2) is 4.39 Å². The predicted molar refractivity (Wildman–Crippen MR) is 94.2 cm³/mol. The molecule has 0 aromatic heterocycles. The van der Waals surface area contributed by atoms with E-state index >= 15 is 0 Å². The van der Waals surface area contributed by atoms with Crippen LogP contribution in [0.15, 0.2) is 12.1 Å². The van der Waals surface area contributed by atoms with Crippen molar-refractivity contribution in [1.29, 1.82) is 0 Å². The van der Waals surface area contributed by atoms with Gasteiger partial charge in [-0.2, -0.15) is 0 Å². The maximum Gasteiger partial charge on any atom is 0.496 e. The van der Waals surface area contributed by atoms with Crippen LogP contribution in [0, 0.1) is 5.82 Å². The number of anilines is 1. The summed E-state index contributed by atoms with van der Waals surface area (Å²) in [5.41, 5.74) is 4.95. The van der Waals surface area contributed by atoms with Gasteiger partial charge < -0.3 is 15.0 Å². The minimum atomic E-state index is -0.683. The lowest BCUT2D eigenvalue weighted by Gasteiger charge is -2.32. The van der Waals surface area contributed by atoms with Crippen LogP contribution in [0.5, 0.6) is 0 Å². The second kappa shape index (κ2) is 8.18. The van der Waals surface area contributed by atoms with Gasteiger partial charge in [-0.05, 0) is 39.8 Å². The van der Waals surface area contributed by atoms with Crippen molar-refractivity contribution in [2.75, 3.05) is 5.73 Å². The Bertz CT molecular complexity index is 479. The third kappa shape index (κ3) is 4.37. The summed E-state index contributed by atoms with van der Waals surface area (Å²) in [5.74, 6) is -0.524. The summed E-state index contributed by atoms with van der Waals surface area (Å²) in [6, 6.07) is 2.64. The van der Waals surface area contributed by atoms with Gasteiger partial charge in [0.2, 0.25) is 0 Å². The number of nitrogens with two attached hydrogens (primary N) is 1. The lowest BCUT2D eigenvalue weighted by atomic mass is 9.79. The standard InChI is InChI=1S/C12H16BClFNO2.2C2H6/c1-11(2)12(3,4)18-13(17-11)7-5-9(15)10(16)6-8(7)14;2*1-2/h5-6H,16H2,1-4H3;2*1-2H3. The van der Waals surface area contributed by atoms with Crippen molar-refractivity contribution in [2.45, 2.75) is 66.6 Å². The molecule has 0 spiro atoms. The summed E-state index contributed by atoms with van der Waals surface area (Å²) < 4.78 is 25.1. The first kappa shape index (κ1) is 21.2. The van der Waals surface area contributed by atoms with Gasteiger partial charge >= 0.3 is 7.12 Å². The Hall–Kier alpha value is -0.775. The van der Waals surface area contributed by atoms with Crippen molar-refractivity contribution in [1.82, 2.24) is 0 Å². The number of rotatable bonds is 1. The first-order chi connectivity index (χ1) is 10.1. The zero-order valence-corrected chi connectivity index (χ0v) is 15.6. The number of halogens is 2. The van der Waals surface area contributed by atoms with Crippen LogP contribution in [0.2, 0.25) is 5.02 Å². The van der Waals surface area contributed by atoms with Gasteiger partial charge in [0.25, 0.3) is 0 Å². The van der Waals surface area contributed by atoms with E-state index in [0.717, 1.165) is 0 Å². The van der Waals surface area contributed by atoms with Crippen LogP contribution in [-0.2, 0) is 9.31 Å². The lowest BCUT2D eigenvalue weighted by molar-refractivity contribution is 0.00578. The van der Waals surface area contributed by atoms with Gasteiger partial charge in [0.05, 0.1) is 16.9 Å². The number of benzene rings is 1. The quantitative estimate of drug-likeness (QED) is 0.612. The highest BCUT2D eigenvalue weighted by molar-refractivity contribution is 6.65. The molecule has 3 nitrogen and oxygen atoms in total. The largest absolute Gasteiger partial charge is 0.496 e. The van der Waals surface area contributed by atoms with Crippen molar-refractivity contribution in [3.05, 3.63) is 23.0 Å². The number of hydrogen-bond donors (Lipinski definition) is 1. The van der Waals surface area contributed by atoms with Crippen molar-refractivity contribution < 1.29 is 13.7 Å². The molecule has 2 N–H and O–H groups in total. The molecule has 1 aromatic rings. The van der Waals surface area contributed by atoms with Crippen LogP contribution in [0.3, 0.4) is 0 Å². The molecular formula is C16H28BClFNO2. The molecular weight excluding hydrogens is 303 g/mol. The number of nitrogen functional groups attached to an aromatic ring is 1. The highest BCUT2D eigenvalue weighted by Crippen LogP contribution is 2.37. The van der Waals surface area contributed by atoms with E-state index in [1.807, 2.05) is 55.4 Å². The minimum Gasteiger partial charge on any atom is -0.399 e. The van der Waals surface area contributed by atoms with Gasteiger partial charge in [0, 0.05) is 10.5 Å². The highest BCUT2D eigenvalue weighted by atomic mass is 35.5. The Balaban J connectivity index is 0.00000102. The van der Waals surface area contributed by atoms with Gasteiger partial charge in [-0.3, -0.25) is 0 Å². The molecule has 1 aromatic carbocycles. The van der Waals surface area contributed by atoms with E-state index in [-0.39, 0.29) is 5.69 Å². The summed E-state index contributed by atoms with van der Waals surface area (Å²) >= 11 is 6.06. The van der Waals surface area contributed by atoms with Gasteiger partial charge in [0.1, 0.15) is 5.82 Å². The van der Waals surface area contributed by atoms with E-state index in [9.17, 15) is 4.39 Å². The number of hydrogen-bond acceptors (Lipinski definition) is 3. The maximum absolute atomic E-state index is 13.5. The molecule has 0 bridgehead atoms. The van der Waals surface area contributed by atoms with Crippen LogP contribution in [0.1, 0.15) is 55.4 Å². The first-order valence-electron chi connectivity index (χ1n) is 7.74. The van der Waals surface area contributed by atoms with Crippen LogP contribution in [0.4, 0.5) is 10.1 Å². The molecule has 0 radical (unpaired) electrons. The van der Waals surface area contributed by atoms with Crippen LogP contribution in [0.25, 0.3) is 0 Å². The fraction of sp³-hybridized carbons (Fsp3) is 0.625. The van der Waals surface area contributed by atoms with Crippen LogP contribution < -0.4 is 11.2 Å². The molecule has 126 valence electrons. The third-order valence-electron chi connectivity index (χ3n) is 3.62. The minimum absolute atomic E-state index is 0.0141. The van der Waals surface area contributed by atoms with E-state index in [1.165, 1.54) is 12.1 Å². The summed E-state index contributed by atoms with van der Waals surface area (Å²) in [4.78, 5) is 0. The molecule has 0 amide bonds. The Morgan fingerprint density at radius 3 is 1.82 bits per heavy atom. The average Bonchev–Trinajstić information content (AvgIpc) is 2.67. The van der Waals surface area contributed by atoms with Gasteiger partial charge in [0.15, 0.2) is 0 Å². The van der Waals surface area contributed by atoms with E-state index in [1.54, 1.807) is 0 Å². The Labute approximate surface area is 139 Å². The summed E-state index contributed by atoms with van der Waals surface area (Å²) in [7, 11) is -0.683. The predicted octanol–water partition coefficient (Wildman–Crippen LogP) is 4.41. The molecule has 1 aliphatic rings. The topological polar surface area (TPSA) is 44.5 Å². The molecule has 2 rings (SSSR count). The van der Waals surface area contributed by atoms with Crippen molar-refractivity contribution in [3.8, 4) is 0 Å². The molecule has 0 atom stereocenters. The Morgan fingerprint density at radius 2 is 1.41 bits per heavy atom. The average molecular weight is 332 g/mol. The smallest absolute Gasteiger partial charge is 0.399 e. The van der Waals surface area contributed by atoms with E-state index in [2.05, 4.69) is 0 Å². The van der Waals surface area contributed by atoms with Crippen LogP contribution >= 0.6 is 11.6 Å². The molecule has 0 saturated carbocycles. The van der Waals surface area contributed by atoms with E-state index in [0.29, 0.717) is 10.5 Å². The monoisotopic (exact) mass is 331 g/mol. The van der Waals surface area contributed by atoms with Gasteiger partial charge in [-0.15, -0.1) is 0 Å². The summed E-state index contributed by atoms with van der Waals surface area (Å²) in [6.07, 6.45) is 0. The van der Waals surface area contributed by atoms with E-state index in [4.69, 9.17) is 26.6 Å². The van der Waals surface area contributed by atoms with Crippen molar-refractivity contribution in [3.63, 3.8) is 0 Å². The van der Waals surface area contributed by atoms with Crippen molar-refractivity contribution in [2.24, 2.45) is 0 Å². The molecule has 22 heavy (non-hydrogen) atoms. The van der Waals surface area contributed by atoms with Gasteiger partial charge in [-0.1, -0.05) is 39.3 Å². The van der Waals surface area contributed by atoms with Crippen molar-refractivity contribution >= 4 is 29.9 Å². The molecule has 0 aliphatic carbocycles. The summed E-state index contributed by atoms with van der Waals surface area (Å²) in [5, 5.41) is 0.340.